The first-order valence-corrected chi connectivity index (χ1v) is 8.32. The van der Waals surface area contributed by atoms with Crippen LogP contribution in [0.2, 0.25) is 0 Å². The van der Waals surface area contributed by atoms with Crippen LogP contribution in [0.3, 0.4) is 0 Å². The molecule has 1 aliphatic rings. The summed E-state index contributed by atoms with van der Waals surface area (Å²) in [6.45, 7) is 1.16. The fourth-order valence-corrected chi connectivity index (χ4v) is 3.03. The van der Waals surface area contributed by atoms with Crippen molar-refractivity contribution in [3.8, 4) is 11.5 Å². The third kappa shape index (κ3) is 4.51. The van der Waals surface area contributed by atoms with Gasteiger partial charge in [-0.2, -0.15) is 0 Å². The number of nitrogens with two attached hydrogens (primary N) is 1. The highest BCUT2D eigenvalue weighted by Gasteiger charge is 2.26. The highest BCUT2D eigenvalue weighted by molar-refractivity contribution is 5.94. The molecular weight excluding hydrogens is 362 g/mol. The van der Waals surface area contributed by atoms with Crippen LogP contribution in [0.4, 0.5) is 8.78 Å². The van der Waals surface area contributed by atoms with Gasteiger partial charge in [0.05, 0.1) is 0 Å². The van der Waals surface area contributed by atoms with Crippen LogP contribution in [0.15, 0.2) is 42.5 Å². The average Bonchev–Trinajstić information content (AvgIpc) is 2.64. The summed E-state index contributed by atoms with van der Waals surface area (Å²) in [6.07, 6.45) is 2.99. The highest BCUT2D eigenvalue weighted by Crippen LogP contribution is 2.26. The molecule has 1 atom stereocenters. The Morgan fingerprint density at radius 3 is 2.54 bits per heavy atom. The van der Waals surface area contributed by atoms with Crippen molar-refractivity contribution < 1.29 is 18.3 Å². The maximum Gasteiger partial charge on any atom is 0.254 e. The number of carbonyl (C=O) groups is 1. The van der Waals surface area contributed by atoms with E-state index in [0.717, 1.165) is 31.4 Å². The lowest BCUT2D eigenvalue weighted by atomic mass is 10.0. The molecule has 1 unspecified atom stereocenters. The quantitative estimate of drug-likeness (QED) is 0.864. The van der Waals surface area contributed by atoms with E-state index in [1.54, 1.807) is 24.3 Å². The summed E-state index contributed by atoms with van der Waals surface area (Å²) in [5, 5.41) is 0. The Morgan fingerprint density at radius 1 is 1.15 bits per heavy atom. The lowest BCUT2D eigenvalue weighted by molar-refractivity contribution is 0.0623. The molecule has 1 saturated heterocycles. The average molecular weight is 383 g/mol. The van der Waals surface area contributed by atoms with Crippen molar-refractivity contribution in [1.29, 1.82) is 0 Å². The molecule has 26 heavy (non-hydrogen) atoms. The number of halogens is 3. The number of carbonyl (C=O) groups excluding carboxylic acids is 1. The van der Waals surface area contributed by atoms with Gasteiger partial charge in [-0.15, -0.1) is 12.4 Å². The molecule has 0 saturated carbocycles. The van der Waals surface area contributed by atoms with Crippen molar-refractivity contribution in [2.45, 2.75) is 25.3 Å². The fourth-order valence-electron chi connectivity index (χ4n) is 3.03. The molecule has 1 heterocycles. The largest absolute Gasteiger partial charge is 0.454 e. The molecule has 2 aromatic carbocycles. The smallest absolute Gasteiger partial charge is 0.254 e. The molecule has 0 aromatic heterocycles. The molecule has 0 bridgehead atoms. The monoisotopic (exact) mass is 382 g/mol. The molecule has 7 heteroatoms. The lowest BCUT2D eigenvalue weighted by Gasteiger charge is -2.35. The predicted octanol–water partition coefficient (Wildman–Crippen LogP) is 4.13. The zero-order chi connectivity index (χ0) is 17.8. The Hall–Kier alpha value is -2.18. The second-order valence-corrected chi connectivity index (χ2v) is 6.09. The summed E-state index contributed by atoms with van der Waals surface area (Å²) in [4.78, 5) is 14.5. The Bertz CT molecular complexity index is 756. The number of hydrogen-bond acceptors (Lipinski definition) is 3. The van der Waals surface area contributed by atoms with Crippen LogP contribution in [0.5, 0.6) is 11.5 Å². The van der Waals surface area contributed by atoms with Gasteiger partial charge in [0, 0.05) is 30.8 Å². The third-order valence-corrected chi connectivity index (χ3v) is 4.38. The van der Waals surface area contributed by atoms with E-state index in [-0.39, 0.29) is 30.1 Å². The number of ether oxygens (including phenoxy) is 1. The first kappa shape index (κ1) is 20.1. The minimum atomic E-state index is -0.778. The van der Waals surface area contributed by atoms with E-state index < -0.39 is 11.6 Å². The van der Waals surface area contributed by atoms with Crippen LogP contribution >= 0.6 is 12.4 Å². The van der Waals surface area contributed by atoms with Crippen LogP contribution < -0.4 is 10.5 Å². The van der Waals surface area contributed by atoms with Crippen molar-refractivity contribution in [2.75, 3.05) is 13.1 Å². The van der Waals surface area contributed by atoms with Crippen molar-refractivity contribution in [1.82, 2.24) is 4.90 Å². The SMILES string of the molecule is Cl.NCC1CCCCN1C(=O)c1ccc(Oc2ccc(F)cc2F)cc1. The Morgan fingerprint density at radius 2 is 1.88 bits per heavy atom. The zero-order valence-electron chi connectivity index (χ0n) is 14.2. The van der Waals surface area contributed by atoms with E-state index >= 15 is 0 Å². The number of piperidine rings is 1. The molecular formula is C19H21ClF2N2O2. The second-order valence-electron chi connectivity index (χ2n) is 6.09. The van der Waals surface area contributed by atoms with E-state index in [1.165, 1.54) is 6.07 Å². The second kappa shape index (κ2) is 8.96. The molecule has 140 valence electrons. The topological polar surface area (TPSA) is 55.6 Å². The normalized spacial score (nSPS) is 16.7. The molecule has 2 N–H and O–H groups in total. The van der Waals surface area contributed by atoms with Gasteiger partial charge in [0.1, 0.15) is 11.6 Å². The fraction of sp³-hybridized carbons (Fsp3) is 0.316. The van der Waals surface area contributed by atoms with Crippen LogP contribution in [0, 0.1) is 11.6 Å². The van der Waals surface area contributed by atoms with Crippen molar-refractivity contribution in [2.24, 2.45) is 5.73 Å². The standard InChI is InChI=1S/C19H20F2N2O2.ClH/c20-14-6-9-18(17(21)11-14)25-16-7-4-13(5-8-16)19(24)23-10-2-1-3-15(23)12-22;/h4-9,11,15H,1-3,10,12,22H2;1H. The van der Waals surface area contributed by atoms with Crippen molar-refractivity contribution in [3.05, 3.63) is 59.7 Å². The van der Waals surface area contributed by atoms with Crippen LogP contribution in [-0.4, -0.2) is 29.9 Å². The Labute approximate surface area is 157 Å². The number of amides is 1. The Kier molecular flexibility index (Phi) is 6.94. The lowest BCUT2D eigenvalue weighted by Crippen LogP contribution is -2.47. The first-order chi connectivity index (χ1) is 12.1. The number of nitrogens with zero attached hydrogens (tertiary/aromatic N) is 1. The maximum atomic E-state index is 13.6. The van der Waals surface area contributed by atoms with E-state index in [0.29, 0.717) is 24.4 Å². The Balaban J connectivity index is 0.00000243. The van der Waals surface area contributed by atoms with E-state index in [4.69, 9.17) is 10.5 Å². The molecule has 4 nitrogen and oxygen atoms in total. The van der Waals surface area contributed by atoms with Gasteiger partial charge in [-0.3, -0.25) is 4.79 Å². The maximum absolute atomic E-state index is 13.6. The van der Waals surface area contributed by atoms with Crippen molar-refractivity contribution >= 4 is 18.3 Å². The minimum absolute atomic E-state index is 0. The van der Waals surface area contributed by atoms with Gasteiger partial charge < -0.3 is 15.4 Å². The van der Waals surface area contributed by atoms with Gasteiger partial charge in [0.2, 0.25) is 0 Å². The molecule has 1 aliphatic heterocycles. The molecule has 0 aliphatic carbocycles. The number of rotatable bonds is 4. The summed E-state index contributed by atoms with van der Waals surface area (Å²) < 4.78 is 32.0. The van der Waals surface area contributed by atoms with Crippen LogP contribution in [0.25, 0.3) is 0 Å². The van der Waals surface area contributed by atoms with Gasteiger partial charge in [-0.25, -0.2) is 8.78 Å². The van der Waals surface area contributed by atoms with E-state index in [1.807, 2.05) is 4.90 Å². The summed E-state index contributed by atoms with van der Waals surface area (Å²) in [5.41, 5.74) is 6.30. The minimum Gasteiger partial charge on any atom is -0.454 e. The van der Waals surface area contributed by atoms with Crippen molar-refractivity contribution in [3.63, 3.8) is 0 Å². The molecule has 3 rings (SSSR count). The summed E-state index contributed by atoms with van der Waals surface area (Å²) in [6, 6.07) is 9.65. The number of benzene rings is 2. The molecule has 0 radical (unpaired) electrons. The highest BCUT2D eigenvalue weighted by atomic mass is 35.5. The van der Waals surface area contributed by atoms with Gasteiger partial charge in [0.15, 0.2) is 11.6 Å². The van der Waals surface area contributed by atoms with Gasteiger partial charge in [-0.1, -0.05) is 0 Å². The number of likely N-dealkylation sites (tertiary alicyclic amines) is 1. The molecule has 2 aromatic rings. The zero-order valence-corrected chi connectivity index (χ0v) is 15.0. The third-order valence-electron chi connectivity index (χ3n) is 4.38. The van der Waals surface area contributed by atoms with Crippen LogP contribution in [0.1, 0.15) is 29.6 Å². The van der Waals surface area contributed by atoms with E-state index in [2.05, 4.69) is 0 Å². The molecule has 1 amide bonds. The van der Waals surface area contributed by atoms with Gasteiger partial charge in [-0.05, 0) is 55.7 Å². The van der Waals surface area contributed by atoms with Crippen LogP contribution in [-0.2, 0) is 0 Å². The number of hydrogen-bond donors (Lipinski definition) is 1. The predicted molar refractivity (Wildman–Crippen MR) is 97.9 cm³/mol. The van der Waals surface area contributed by atoms with Gasteiger partial charge in [0.25, 0.3) is 5.91 Å². The first-order valence-electron chi connectivity index (χ1n) is 8.32. The molecule has 1 fully saturated rings. The van der Waals surface area contributed by atoms with Gasteiger partial charge >= 0.3 is 0 Å². The van der Waals surface area contributed by atoms with E-state index in [9.17, 15) is 13.6 Å². The summed E-state index contributed by atoms with van der Waals surface area (Å²) in [5.74, 6) is -1.20. The molecule has 0 spiro atoms. The summed E-state index contributed by atoms with van der Waals surface area (Å²) >= 11 is 0. The summed E-state index contributed by atoms with van der Waals surface area (Å²) in [7, 11) is 0.